The molecule has 0 amide bonds. The van der Waals surface area contributed by atoms with Crippen LogP contribution in [0.25, 0.3) is 0 Å². The molecular weight excluding hydrogens is 398 g/mol. The van der Waals surface area contributed by atoms with Crippen LogP contribution < -0.4 is 10.5 Å². The van der Waals surface area contributed by atoms with E-state index in [0.717, 1.165) is 47.7 Å². The molecule has 0 saturated heterocycles. The minimum absolute atomic E-state index is 0.167. The number of nitrogen functional groups attached to an aromatic ring is 1. The van der Waals surface area contributed by atoms with E-state index in [0.29, 0.717) is 11.5 Å². The molecule has 2 N–H and O–H groups in total. The monoisotopic (exact) mass is 425 g/mol. The van der Waals surface area contributed by atoms with Gasteiger partial charge in [0.25, 0.3) is 0 Å². The van der Waals surface area contributed by atoms with Crippen molar-refractivity contribution in [2.45, 2.75) is 32.8 Å². The van der Waals surface area contributed by atoms with Crippen molar-refractivity contribution in [2.75, 3.05) is 5.73 Å². The summed E-state index contributed by atoms with van der Waals surface area (Å²) in [6.45, 7) is 5.73. The Balaban J connectivity index is 1.62. The number of benzene rings is 3. The SMILES string of the molecule is C=CC(=O)OCc1cccc(Oc2ccc(C#Cc3ccc(CCCC)c(N)c3)cc2)c1. The van der Waals surface area contributed by atoms with E-state index in [1.54, 1.807) is 0 Å². The lowest BCUT2D eigenvalue weighted by Gasteiger charge is -2.08. The van der Waals surface area contributed by atoms with Gasteiger partial charge in [-0.05, 0) is 72.5 Å². The second-order valence-corrected chi connectivity index (χ2v) is 7.35. The number of ether oxygens (including phenoxy) is 2. The van der Waals surface area contributed by atoms with Gasteiger partial charge in [0.05, 0.1) is 0 Å². The van der Waals surface area contributed by atoms with Crippen LogP contribution in [-0.4, -0.2) is 5.97 Å². The van der Waals surface area contributed by atoms with Gasteiger partial charge in [-0.15, -0.1) is 0 Å². The van der Waals surface area contributed by atoms with Crippen molar-refractivity contribution in [3.8, 4) is 23.3 Å². The van der Waals surface area contributed by atoms with Crippen LogP contribution in [0.3, 0.4) is 0 Å². The van der Waals surface area contributed by atoms with Gasteiger partial charge in [0.1, 0.15) is 18.1 Å². The molecule has 0 saturated carbocycles. The summed E-state index contributed by atoms with van der Waals surface area (Å²) in [4.78, 5) is 11.2. The fraction of sp³-hybridized carbons (Fsp3) is 0.179. The molecule has 0 spiro atoms. The molecule has 3 aromatic carbocycles. The van der Waals surface area contributed by atoms with Crippen LogP contribution in [0.15, 0.2) is 79.4 Å². The summed E-state index contributed by atoms with van der Waals surface area (Å²) in [5.41, 5.74) is 10.8. The molecule has 0 fully saturated rings. The van der Waals surface area contributed by atoms with Crippen molar-refractivity contribution in [2.24, 2.45) is 0 Å². The molecule has 0 aliphatic heterocycles. The zero-order valence-corrected chi connectivity index (χ0v) is 18.3. The van der Waals surface area contributed by atoms with Crippen LogP contribution in [0.4, 0.5) is 5.69 Å². The Morgan fingerprint density at radius 2 is 1.75 bits per heavy atom. The molecular formula is C28H27NO3. The summed E-state index contributed by atoms with van der Waals surface area (Å²) >= 11 is 0. The Hall–Kier alpha value is -3.97. The summed E-state index contributed by atoms with van der Waals surface area (Å²) < 4.78 is 11.0. The van der Waals surface area contributed by atoms with Gasteiger partial charge in [-0.3, -0.25) is 0 Å². The number of hydrogen-bond acceptors (Lipinski definition) is 4. The highest BCUT2D eigenvalue weighted by molar-refractivity contribution is 5.81. The van der Waals surface area contributed by atoms with Gasteiger partial charge in [0.15, 0.2) is 0 Å². The fourth-order valence-electron chi connectivity index (χ4n) is 3.07. The predicted molar refractivity (Wildman–Crippen MR) is 128 cm³/mol. The lowest BCUT2D eigenvalue weighted by atomic mass is 10.0. The molecule has 3 aromatic rings. The average molecular weight is 426 g/mol. The van der Waals surface area contributed by atoms with E-state index in [1.807, 2.05) is 60.7 Å². The number of carbonyl (C=O) groups excluding carboxylic acids is 1. The predicted octanol–water partition coefficient (Wildman–Crippen LogP) is 6.03. The van der Waals surface area contributed by atoms with Crippen LogP contribution in [0.2, 0.25) is 0 Å². The first-order valence-electron chi connectivity index (χ1n) is 10.6. The maximum atomic E-state index is 11.2. The summed E-state index contributed by atoms with van der Waals surface area (Å²) in [6.07, 6.45) is 4.43. The summed E-state index contributed by atoms with van der Waals surface area (Å²) in [7, 11) is 0. The molecule has 162 valence electrons. The first-order chi connectivity index (χ1) is 15.6. The maximum absolute atomic E-state index is 11.2. The number of hydrogen-bond donors (Lipinski definition) is 1. The molecule has 0 aromatic heterocycles. The van der Waals surface area contributed by atoms with E-state index >= 15 is 0 Å². The molecule has 4 nitrogen and oxygen atoms in total. The normalized spacial score (nSPS) is 10.0. The van der Waals surface area contributed by atoms with Gasteiger partial charge in [-0.2, -0.15) is 0 Å². The minimum atomic E-state index is -0.455. The lowest BCUT2D eigenvalue weighted by molar-refractivity contribution is -0.138. The van der Waals surface area contributed by atoms with Crippen molar-refractivity contribution < 1.29 is 14.3 Å². The van der Waals surface area contributed by atoms with E-state index in [1.165, 1.54) is 5.56 Å². The van der Waals surface area contributed by atoms with Crippen molar-refractivity contribution in [1.29, 1.82) is 0 Å². The van der Waals surface area contributed by atoms with Crippen molar-refractivity contribution in [3.05, 3.63) is 102 Å². The Kier molecular flexibility index (Phi) is 8.11. The smallest absolute Gasteiger partial charge is 0.330 e. The van der Waals surface area contributed by atoms with Gasteiger partial charge in [-0.25, -0.2) is 4.79 Å². The summed E-state index contributed by atoms with van der Waals surface area (Å²) in [5.74, 6) is 7.24. The highest BCUT2D eigenvalue weighted by atomic mass is 16.5. The molecule has 32 heavy (non-hydrogen) atoms. The van der Waals surface area contributed by atoms with Crippen molar-refractivity contribution in [3.63, 3.8) is 0 Å². The van der Waals surface area contributed by atoms with Crippen molar-refractivity contribution >= 4 is 11.7 Å². The Labute approximate surface area is 189 Å². The van der Waals surface area contributed by atoms with Crippen LogP contribution in [0, 0.1) is 11.8 Å². The minimum Gasteiger partial charge on any atom is -0.458 e. The van der Waals surface area contributed by atoms with Crippen LogP contribution >= 0.6 is 0 Å². The molecule has 3 rings (SSSR count). The first kappa shape index (κ1) is 22.7. The number of rotatable bonds is 8. The van der Waals surface area contributed by atoms with Gasteiger partial charge >= 0.3 is 5.97 Å². The third-order valence-electron chi connectivity index (χ3n) is 4.83. The molecule has 0 radical (unpaired) electrons. The first-order valence-corrected chi connectivity index (χ1v) is 10.6. The Morgan fingerprint density at radius 3 is 2.47 bits per heavy atom. The van der Waals surface area contributed by atoms with Crippen LogP contribution in [0.1, 0.15) is 42.0 Å². The molecule has 0 bridgehead atoms. The van der Waals surface area contributed by atoms with Crippen LogP contribution in [0.5, 0.6) is 11.5 Å². The third-order valence-corrected chi connectivity index (χ3v) is 4.83. The average Bonchev–Trinajstić information content (AvgIpc) is 2.81. The third kappa shape index (κ3) is 6.78. The van der Waals surface area contributed by atoms with E-state index in [-0.39, 0.29) is 6.61 Å². The van der Waals surface area contributed by atoms with E-state index < -0.39 is 5.97 Å². The van der Waals surface area contributed by atoms with Gasteiger partial charge in [0.2, 0.25) is 0 Å². The second kappa shape index (κ2) is 11.4. The zero-order valence-electron chi connectivity index (χ0n) is 18.3. The number of unbranched alkanes of at least 4 members (excludes halogenated alkanes) is 1. The number of anilines is 1. The number of esters is 1. The topological polar surface area (TPSA) is 61.5 Å². The molecule has 4 heteroatoms. The highest BCUT2D eigenvalue weighted by Crippen LogP contribution is 2.23. The number of aryl methyl sites for hydroxylation is 1. The summed E-state index contributed by atoms with van der Waals surface area (Å²) in [5, 5.41) is 0. The molecule has 0 heterocycles. The lowest BCUT2D eigenvalue weighted by Crippen LogP contribution is -2.00. The van der Waals surface area contributed by atoms with Gasteiger partial charge in [0, 0.05) is 22.9 Å². The molecule has 0 aliphatic rings. The number of carbonyl (C=O) groups is 1. The summed E-state index contributed by atoms with van der Waals surface area (Å²) in [6, 6.07) is 21.0. The largest absolute Gasteiger partial charge is 0.458 e. The van der Waals surface area contributed by atoms with E-state index in [9.17, 15) is 4.79 Å². The van der Waals surface area contributed by atoms with Crippen LogP contribution in [-0.2, 0) is 22.6 Å². The van der Waals surface area contributed by atoms with Gasteiger partial charge < -0.3 is 15.2 Å². The van der Waals surface area contributed by atoms with E-state index in [4.69, 9.17) is 15.2 Å². The maximum Gasteiger partial charge on any atom is 0.330 e. The Bertz CT molecular complexity index is 1140. The fourth-order valence-corrected chi connectivity index (χ4v) is 3.07. The van der Waals surface area contributed by atoms with Crippen molar-refractivity contribution in [1.82, 2.24) is 0 Å². The molecule has 0 aliphatic carbocycles. The number of nitrogens with two attached hydrogens (primary N) is 1. The quantitative estimate of drug-likeness (QED) is 0.207. The van der Waals surface area contributed by atoms with E-state index in [2.05, 4.69) is 31.4 Å². The highest BCUT2D eigenvalue weighted by Gasteiger charge is 2.03. The molecule has 0 unspecified atom stereocenters. The Morgan fingerprint density at radius 1 is 1.00 bits per heavy atom. The molecule has 0 atom stereocenters. The van der Waals surface area contributed by atoms with Gasteiger partial charge in [-0.1, -0.05) is 50.0 Å². The standard InChI is InChI=1S/C28H27NO3/c1-3-5-8-24-15-12-22(19-27(24)29)11-10-21-13-16-25(17-14-21)32-26-9-6-7-23(18-26)20-31-28(30)4-2/h4,6-7,9,12-19H,2-3,5,8,20,29H2,1H3. The zero-order chi connectivity index (χ0) is 22.8. The second-order valence-electron chi connectivity index (χ2n) is 7.35.